The molecular formula is C22H44O2. The van der Waals surface area contributed by atoms with Crippen molar-refractivity contribution in [3.63, 3.8) is 0 Å². The highest BCUT2D eigenvalue weighted by molar-refractivity contribution is 5.68. The Bertz CT molecular complexity index is 263. The SMILES string of the molecule is CCC(C)CCCCCCCCCCCCCCCCC(=O)OC. The molecule has 0 aromatic carbocycles. The molecule has 24 heavy (non-hydrogen) atoms. The van der Waals surface area contributed by atoms with Crippen molar-refractivity contribution in [3.05, 3.63) is 0 Å². The number of esters is 1. The third-order valence-electron chi connectivity index (χ3n) is 5.25. The summed E-state index contributed by atoms with van der Waals surface area (Å²) in [6.07, 6.45) is 22.4. The average molecular weight is 341 g/mol. The topological polar surface area (TPSA) is 26.3 Å². The van der Waals surface area contributed by atoms with Gasteiger partial charge in [-0.25, -0.2) is 0 Å². The highest BCUT2D eigenvalue weighted by Crippen LogP contribution is 2.16. The van der Waals surface area contributed by atoms with Crippen LogP contribution in [0.25, 0.3) is 0 Å². The molecule has 0 N–H and O–H groups in total. The van der Waals surface area contributed by atoms with E-state index in [0.717, 1.165) is 12.3 Å². The maximum atomic E-state index is 11.0. The van der Waals surface area contributed by atoms with Crippen LogP contribution in [0.3, 0.4) is 0 Å². The molecule has 0 amide bonds. The lowest BCUT2D eigenvalue weighted by Gasteiger charge is -2.07. The predicted octanol–water partition coefficient (Wildman–Crippen LogP) is 7.45. The summed E-state index contributed by atoms with van der Waals surface area (Å²) in [7, 11) is 1.47. The summed E-state index contributed by atoms with van der Waals surface area (Å²) >= 11 is 0. The Morgan fingerprint density at radius 1 is 0.708 bits per heavy atom. The summed E-state index contributed by atoms with van der Waals surface area (Å²) in [4.78, 5) is 11.0. The van der Waals surface area contributed by atoms with Crippen LogP contribution >= 0.6 is 0 Å². The first-order chi connectivity index (χ1) is 11.7. The molecule has 144 valence electrons. The minimum Gasteiger partial charge on any atom is -0.469 e. The summed E-state index contributed by atoms with van der Waals surface area (Å²) in [6.45, 7) is 4.68. The second kappa shape index (κ2) is 18.8. The number of rotatable bonds is 18. The van der Waals surface area contributed by atoms with Gasteiger partial charge in [-0.2, -0.15) is 0 Å². The lowest BCUT2D eigenvalue weighted by Crippen LogP contribution is -1.99. The average Bonchev–Trinajstić information content (AvgIpc) is 2.60. The molecule has 0 aliphatic heterocycles. The van der Waals surface area contributed by atoms with E-state index >= 15 is 0 Å². The second-order valence-corrected chi connectivity index (χ2v) is 7.58. The van der Waals surface area contributed by atoms with Gasteiger partial charge in [-0.15, -0.1) is 0 Å². The van der Waals surface area contributed by atoms with Gasteiger partial charge in [-0.05, 0) is 12.3 Å². The molecule has 0 heterocycles. The second-order valence-electron chi connectivity index (χ2n) is 7.58. The molecule has 0 fully saturated rings. The number of ether oxygens (including phenoxy) is 1. The molecule has 0 radical (unpaired) electrons. The van der Waals surface area contributed by atoms with E-state index in [4.69, 9.17) is 0 Å². The van der Waals surface area contributed by atoms with E-state index in [-0.39, 0.29) is 5.97 Å². The number of methoxy groups -OCH3 is 1. The quantitative estimate of drug-likeness (QED) is 0.191. The first kappa shape index (κ1) is 23.5. The molecule has 0 aromatic rings. The fourth-order valence-electron chi connectivity index (χ4n) is 3.19. The summed E-state index contributed by atoms with van der Waals surface area (Å²) in [5, 5.41) is 0. The Hall–Kier alpha value is -0.530. The zero-order valence-corrected chi connectivity index (χ0v) is 16.9. The molecule has 0 saturated heterocycles. The van der Waals surface area contributed by atoms with Crippen LogP contribution in [0, 0.1) is 5.92 Å². The van der Waals surface area contributed by atoms with Crippen molar-refractivity contribution in [1.82, 2.24) is 0 Å². The van der Waals surface area contributed by atoms with Crippen LogP contribution in [0.1, 0.15) is 123 Å². The Balaban J connectivity index is 3.04. The van der Waals surface area contributed by atoms with Crippen molar-refractivity contribution in [3.8, 4) is 0 Å². The van der Waals surface area contributed by atoms with Crippen LogP contribution in [-0.4, -0.2) is 13.1 Å². The third kappa shape index (κ3) is 17.8. The summed E-state index contributed by atoms with van der Waals surface area (Å²) in [6, 6.07) is 0. The van der Waals surface area contributed by atoms with Gasteiger partial charge in [0.1, 0.15) is 0 Å². The van der Waals surface area contributed by atoms with Crippen LogP contribution in [0.4, 0.5) is 0 Å². The third-order valence-corrected chi connectivity index (χ3v) is 5.25. The maximum Gasteiger partial charge on any atom is 0.305 e. The summed E-state index contributed by atoms with van der Waals surface area (Å²) in [5.41, 5.74) is 0. The standard InChI is InChI=1S/C22H44O2/c1-4-21(2)19-17-15-13-11-9-7-5-6-8-10-12-14-16-18-20-22(23)24-3/h21H,4-20H2,1-3H3. The highest BCUT2D eigenvalue weighted by Gasteiger charge is 2.00. The van der Waals surface area contributed by atoms with E-state index in [1.807, 2.05) is 0 Å². The zero-order chi connectivity index (χ0) is 17.9. The van der Waals surface area contributed by atoms with E-state index < -0.39 is 0 Å². The van der Waals surface area contributed by atoms with Crippen molar-refractivity contribution < 1.29 is 9.53 Å². The smallest absolute Gasteiger partial charge is 0.305 e. The minimum absolute atomic E-state index is 0.0643. The van der Waals surface area contributed by atoms with Crippen molar-refractivity contribution >= 4 is 5.97 Å². The molecule has 0 spiro atoms. The lowest BCUT2D eigenvalue weighted by atomic mass is 9.99. The molecule has 0 saturated carbocycles. The summed E-state index contributed by atoms with van der Waals surface area (Å²) < 4.78 is 4.64. The van der Waals surface area contributed by atoms with Gasteiger partial charge < -0.3 is 4.74 Å². The number of carbonyl (C=O) groups is 1. The first-order valence-electron chi connectivity index (χ1n) is 10.8. The van der Waals surface area contributed by atoms with Gasteiger partial charge in [-0.1, -0.05) is 110 Å². The molecule has 2 nitrogen and oxygen atoms in total. The van der Waals surface area contributed by atoms with Crippen molar-refractivity contribution in [1.29, 1.82) is 0 Å². The van der Waals surface area contributed by atoms with Gasteiger partial charge >= 0.3 is 5.97 Å². The van der Waals surface area contributed by atoms with Gasteiger partial charge in [0, 0.05) is 6.42 Å². The molecule has 0 aliphatic carbocycles. The molecule has 1 atom stereocenters. The molecule has 0 rings (SSSR count). The molecule has 2 heteroatoms. The summed E-state index contributed by atoms with van der Waals surface area (Å²) in [5.74, 6) is 0.864. The normalized spacial score (nSPS) is 12.3. The zero-order valence-electron chi connectivity index (χ0n) is 16.9. The Labute approximate surface area is 152 Å². The maximum absolute atomic E-state index is 11.0. The van der Waals surface area contributed by atoms with E-state index in [1.54, 1.807) is 0 Å². The molecule has 1 unspecified atom stereocenters. The number of hydrogen-bond acceptors (Lipinski definition) is 2. The monoisotopic (exact) mass is 340 g/mol. The van der Waals surface area contributed by atoms with E-state index in [0.29, 0.717) is 6.42 Å². The molecule has 0 bridgehead atoms. The Morgan fingerprint density at radius 2 is 1.08 bits per heavy atom. The van der Waals surface area contributed by atoms with Gasteiger partial charge in [0.2, 0.25) is 0 Å². The van der Waals surface area contributed by atoms with Gasteiger partial charge in [0.05, 0.1) is 7.11 Å². The van der Waals surface area contributed by atoms with Crippen molar-refractivity contribution in [2.24, 2.45) is 5.92 Å². The number of hydrogen-bond donors (Lipinski definition) is 0. The largest absolute Gasteiger partial charge is 0.469 e. The van der Waals surface area contributed by atoms with Crippen LogP contribution in [0.15, 0.2) is 0 Å². The predicted molar refractivity (Wildman–Crippen MR) is 105 cm³/mol. The van der Waals surface area contributed by atoms with Gasteiger partial charge in [0.25, 0.3) is 0 Å². The van der Waals surface area contributed by atoms with E-state index in [1.165, 1.54) is 103 Å². The van der Waals surface area contributed by atoms with Crippen LogP contribution in [0.5, 0.6) is 0 Å². The van der Waals surface area contributed by atoms with Crippen molar-refractivity contribution in [2.75, 3.05) is 7.11 Å². The minimum atomic E-state index is -0.0643. The van der Waals surface area contributed by atoms with Crippen molar-refractivity contribution in [2.45, 2.75) is 123 Å². The Morgan fingerprint density at radius 3 is 1.46 bits per heavy atom. The Kier molecular flexibility index (Phi) is 18.4. The fraction of sp³-hybridized carbons (Fsp3) is 0.955. The highest BCUT2D eigenvalue weighted by atomic mass is 16.5. The van der Waals surface area contributed by atoms with Crippen LogP contribution in [0.2, 0.25) is 0 Å². The lowest BCUT2D eigenvalue weighted by molar-refractivity contribution is -0.140. The van der Waals surface area contributed by atoms with E-state index in [2.05, 4.69) is 18.6 Å². The number of unbranched alkanes of at least 4 members (excludes halogenated alkanes) is 13. The fourth-order valence-corrected chi connectivity index (χ4v) is 3.19. The van der Waals surface area contributed by atoms with Gasteiger partial charge in [0.15, 0.2) is 0 Å². The van der Waals surface area contributed by atoms with Crippen LogP contribution < -0.4 is 0 Å². The number of carbonyl (C=O) groups excluding carboxylic acids is 1. The van der Waals surface area contributed by atoms with Gasteiger partial charge in [-0.3, -0.25) is 4.79 Å². The molecular weight excluding hydrogens is 296 g/mol. The molecule has 0 aliphatic rings. The molecule has 0 aromatic heterocycles. The van der Waals surface area contributed by atoms with E-state index in [9.17, 15) is 4.79 Å². The first-order valence-corrected chi connectivity index (χ1v) is 10.8. The van der Waals surface area contributed by atoms with Crippen LogP contribution in [-0.2, 0) is 9.53 Å².